The third-order valence-electron chi connectivity index (χ3n) is 10.9. The van der Waals surface area contributed by atoms with E-state index >= 15 is 0 Å². The fourth-order valence-corrected chi connectivity index (χ4v) is 9.37. The van der Waals surface area contributed by atoms with Crippen molar-refractivity contribution >= 4 is 70.1 Å². The molecule has 0 saturated carbocycles. The van der Waals surface area contributed by atoms with Gasteiger partial charge in [-0.3, -0.25) is 0 Å². The van der Waals surface area contributed by atoms with Crippen LogP contribution in [0.5, 0.6) is 0 Å². The summed E-state index contributed by atoms with van der Waals surface area (Å²) in [6.45, 7) is 0. The van der Waals surface area contributed by atoms with Crippen molar-refractivity contribution in [1.82, 2.24) is 15.0 Å². The lowest BCUT2D eigenvalue weighted by atomic mass is 9.99. The second kappa shape index (κ2) is 14.2. The molecule has 4 nitrogen and oxygen atoms in total. The summed E-state index contributed by atoms with van der Waals surface area (Å²) in [6.07, 6.45) is 0. The number of anilines is 3. The van der Waals surface area contributed by atoms with Gasteiger partial charge in [0.2, 0.25) is 0 Å². The van der Waals surface area contributed by atoms with E-state index in [-0.39, 0.29) is 0 Å². The number of rotatable bonds is 7. The minimum absolute atomic E-state index is 0.649. The van der Waals surface area contributed by atoms with Gasteiger partial charge in [-0.15, -0.1) is 11.3 Å². The summed E-state index contributed by atoms with van der Waals surface area (Å²) >= 11 is 1.80. The van der Waals surface area contributed by atoms with Crippen LogP contribution < -0.4 is 4.90 Å². The van der Waals surface area contributed by atoms with Crippen LogP contribution in [-0.2, 0) is 0 Å². The molecular formula is C53H34N4S. The van der Waals surface area contributed by atoms with Gasteiger partial charge in [0, 0.05) is 53.6 Å². The zero-order valence-corrected chi connectivity index (χ0v) is 32.1. The Labute approximate surface area is 340 Å². The van der Waals surface area contributed by atoms with Gasteiger partial charge in [-0.1, -0.05) is 164 Å². The minimum atomic E-state index is 0.649. The second-order valence-electron chi connectivity index (χ2n) is 14.4. The van der Waals surface area contributed by atoms with Gasteiger partial charge in [0.25, 0.3) is 0 Å². The van der Waals surface area contributed by atoms with Gasteiger partial charge in [0.15, 0.2) is 17.5 Å². The average molecular weight is 759 g/mol. The van der Waals surface area contributed by atoms with Crippen LogP contribution in [-0.4, -0.2) is 15.0 Å². The Morgan fingerprint density at radius 1 is 0.362 bits per heavy atom. The highest BCUT2D eigenvalue weighted by Gasteiger charge is 2.22. The van der Waals surface area contributed by atoms with Crippen LogP contribution in [0.25, 0.3) is 87.0 Å². The van der Waals surface area contributed by atoms with Gasteiger partial charge in [-0.25, -0.2) is 15.0 Å². The van der Waals surface area contributed by atoms with E-state index < -0.39 is 0 Å². The number of aromatic nitrogens is 3. The average Bonchev–Trinajstić information content (AvgIpc) is 3.69. The molecule has 0 bridgehead atoms. The highest BCUT2D eigenvalue weighted by molar-refractivity contribution is 7.26. The maximum atomic E-state index is 5.22. The highest BCUT2D eigenvalue weighted by atomic mass is 32.1. The van der Waals surface area contributed by atoms with E-state index in [0.29, 0.717) is 17.5 Å². The monoisotopic (exact) mass is 758 g/mol. The van der Waals surface area contributed by atoms with Crippen molar-refractivity contribution in [3.63, 3.8) is 0 Å². The molecule has 0 aliphatic rings. The summed E-state index contributed by atoms with van der Waals surface area (Å²) in [7, 11) is 0. The van der Waals surface area contributed by atoms with E-state index in [2.05, 4.69) is 193 Å². The molecule has 0 spiro atoms. The Bertz CT molecular complexity index is 3270. The number of fused-ring (bicyclic) bond motifs is 6. The van der Waals surface area contributed by atoms with Crippen LogP contribution in [0.15, 0.2) is 206 Å². The van der Waals surface area contributed by atoms with Crippen molar-refractivity contribution in [2.75, 3.05) is 4.90 Å². The van der Waals surface area contributed by atoms with Crippen LogP contribution in [0.1, 0.15) is 0 Å². The van der Waals surface area contributed by atoms with Crippen LogP contribution in [0.3, 0.4) is 0 Å². The summed E-state index contributed by atoms with van der Waals surface area (Å²) in [5, 5.41) is 7.14. The Morgan fingerprint density at radius 3 is 1.67 bits per heavy atom. The van der Waals surface area contributed by atoms with Crippen molar-refractivity contribution < 1.29 is 0 Å². The zero-order chi connectivity index (χ0) is 38.4. The quantitative estimate of drug-likeness (QED) is 0.162. The van der Waals surface area contributed by atoms with Crippen LogP contribution in [0.4, 0.5) is 17.1 Å². The first-order valence-corrected chi connectivity index (χ1v) is 20.3. The summed E-state index contributed by atoms with van der Waals surface area (Å²) < 4.78 is 2.35. The van der Waals surface area contributed by atoms with Crippen LogP contribution in [0.2, 0.25) is 0 Å². The first-order chi connectivity index (χ1) is 28.7. The molecule has 2 aromatic heterocycles. The normalized spacial score (nSPS) is 11.4. The zero-order valence-electron chi connectivity index (χ0n) is 31.3. The van der Waals surface area contributed by atoms with Crippen LogP contribution in [0, 0.1) is 0 Å². The van der Waals surface area contributed by atoms with Gasteiger partial charge in [0.1, 0.15) is 0 Å². The lowest BCUT2D eigenvalue weighted by molar-refractivity contribution is 1.08. The van der Waals surface area contributed by atoms with Gasteiger partial charge < -0.3 is 4.90 Å². The number of hydrogen-bond acceptors (Lipinski definition) is 5. The predicted octanol–water partition coefficient (Wildman–Crippen LogP) is 14.7. The van der Waals surface area contributed by atoms with Gasteiger partial charge in [0.05, 0.1) is 5.69 Å². The van der Waals surface area contributed by atoms with Crippen molar-refractivity contribution in [2.24, 2.45) is 0 Å². The fraction of sp³-hybridized carbons (Fsp3) is 0. The molecule has 11 rings (SSSR count). The van der Waals surface area contributed by atoms with Gasteiger partial charge in [-0.05, 0) is 69.8 Å². The number of hydrogen-bond donors (Lipinski definition) is 0. The summed E-state index contributed by atoms with van der Waals surface area (Å²) in [5.74, 6) is 1.96. The highest BCUT2D eigenvalue weighted by Crippen LogP contribution is 2.48. The van der Waals surface area contributed by atoms with E-state index in [0.717, 1.165) is 43.8 Å². The van der Waals surface area contributed by atoms with Gasteiger partial charge >= 0.3 is 0 Å². The molecule has 0 atom stereocenters. The fourth-order valence-electron chi connectivity index (χ4n) is 8.11. The van der Waals surface area contributed by atoms with E-state index in [9.17, 15) is 0 Å². The Balaban J connectivity index is 1.12. The Hall–Kier alpha value is -7.47. The van der Waals surface area contributed by atoms with Crippen molar-refractivity contribution in [2.45, 2.75) is 0 Å². The maximum absolute atomic E-state index is 5.22. The molecular weight excluding hydrogens is 725 g/mol. The minimum Gasteiger partial charge on any atom is -0.310 e. The lowest BCUT2D eigenvalue weighted by Crippen LogP contribution is -2.10. The maximum Gasteiger partial charge on any atom is 0.165 e. The molecule has 5 heteroatoms. The molecule has 0 radical (unpaired) electrons. The molecule has 58 heavy (non-hydrogen) atoms. The summed E-state index contributed by atoms with van der Waals surface area (Å²) in [5.41, 5.74) is 8.60. The van der Waals surface area contributed by atoms with E-state index in [4.69, 9.17) is 15.0 Å². The van der Waals surface area contributed by atoms with E-state index in [1.165, 1.54) is 42.8 Å². The predicted molar refractivity (Wildman–Crippen MR) is 244 cm³/mol. The molecule has 272 valence electrons. The number of thiophene rings is 1. The first-order valence-electron chi connectivity index (χ1n) is 19.4. The second-order valence-corrected chi connectivity index (χ2v) is 15.5. The SMILES string of the molecule is c1ccc(-c2ccc(N(c3ccccc3)c3cc4sc5c(-c6nc(-c7ccccc7)nc(-c7ccc8ccccc8c7)n6)cccc5c4c4ccccc34)cc2)cc1. The van der Waals surface area contributed by atoms with E-state index in [1.807, 2.05) is 18.2 Å². The molecule has 2 heterocycles. The molecule has 11 aromatic rings. The summed E-state index contributed by atoms with van der Waals surface area (Å²) in [6, 6.07) is 72.8. The third kappa shape index (κ3) is 5.97. The van der Waals surface area contributed by atoms with Crippen molar-refractivity contribution in [3.8, 4) is 45.3 Å². The number of benzene rings is 9. The molecule has 0 saturated heterocycles. The van der Waals surface area contributed by atoms with Gasteiger partial charge in [-0.2, -0.15) is 0 Å². The summed E-state index contributed by atoms with van der Waals surface area (Å²) in [4.78, 5) is 17.8. The standard InChI is InChI=1S/C53H34N4S/c1-4-15-35(16-5-1)37-29-31-42(32-30-37)57(41-21-8-3-9-22-41)47-34-48-49(44-24-13-12-23-43(44)47)45-25-14-26-46(50(45)58-48)53-55-51(38-18-6-2-7-19-38)54-52(56-53)40-28-27-36-17-10-11-20-39(36)33-40/h1-34H. The number of nitrogens with zero attached hydrogens (tertiary/aromatic N) is 4. The first kappa shape index (κ1) is 33.8. The molecule has 0 unspecified atom stereocenters. The molecule has 0 aliphatic carbocycles. The third-order valence-corrected chi connectivity index (χ3v) is 12.1. The largest absolute Gasteiger partial charge is 0.310 e. The lowest BCUT2D eigenvalue weighted by Gasteiger charge is -2.27. The van der Waals surface area contributed by atoms with Crippen molar-refractivity contribution in [1.29, 1.82) is 0 Å². The topological polar surface area (TPSA) is 41.9 Å². The van der Waals surface area contributed by atoms with Crippen LogP contribution >= 0.6 is 11.3 Å². The molecule has 0 fully saturated rings. The number of para-hydroxylation sites is 1. The molecule has 0 N–H and O–H groups in total. The molecule has 0 aliphatic heterocycles. The van der Waals surface area contributed by atoms with Crippen molar-refractivity contribution in [3.05, 3.63) is 206 Å². The smallest absolute Gasteiger partial charge is 0.165 e. The Kier molecular flexibility index (Phi) is 8.30. The van der Waals surface area contributed by atoms with E-state index in [1.54, 1.807) is 11.3 Å². The Morgan fingerprint density at radius 2 is 0.914 bits per heavy atom. The molecule has 0 amide bonds. The molecule has 9 aromatic carbocycles.